The van der Waals surface area contributed by atoms with Crippen molar-refractivity contribution in [1.82, 2.24) is 0 Å². The van der Waals surface area contributed by atoms with E-state index in [1.165, 1.54) is 0 Å². The first-order valence-electron chi connectivity index (χ1n) is 6.16. The number of methoxy groups -OCH3 is 1. The summed E-state index contributed by atoms with van der Waals surface area (Å²) in [6.45, 7) is 2.76. The predicted octanol–water partition coefficient (Wildman–Crippen LogP) is 2.61. The third-order valence-electron chi connectivity index (χ3n) is 3.27. The molecule has 0 aliphatic carbocycles. The lowest BCUT2D eigenvalue weighted by Crippen LogP contribution is -2.26. The van der Waals surface area contributed by atoms with Gasteiger partial charge in [-0.05, 0) is 38.3 Å². The quantitative estimate of drug-likeness (QED) is 0.876. The second-order valence-corrected chi connectivity index (χ2v) is 4.60. The van der Waals surface area contributed by atoms with Crippen molar-refractivity contribution in [3.05, 3.63) is 29.3 Å². The molecule has 94 valence electrons. The highest BCUT2D eigenvalue weighted by molar-refractivity contribution is 5.38. The van der Waals surface area contributed by atoms with Gasteiger partial charge >= 0.3 is 0 Å². The molecule has 1 aliphatic rings. The van der Waals surface area contributed by atoms with Gasteiger partial charge in [0, 0.05) is 12.2 Å². The molecule has 0 radical (unpaired) electrons. The molecule has 1 aliphatic heterocycles. The topological polar surface area (TPSA) is 38.7 Å². The van der Waals surface area contributed by atoms with E-state index in [1.54, 1.807) is 7.11 Å². The van der Waals surface area contributed by atoms with E-state index in [4.69, 9.17) is 9.47 Å². The molecule has 0 bridgehead atoms. The molecule has 17 heavy (non-hydrogen) atoms. The van der Waals surface area contributed by atoms with E-state index in [1.807, 2.05) is 25.1 Å². The van der Waals surface area contributed by atoms with Crippen LogP contribution in [0, 0.1) is 6.92 Å². The lowest BCUT2D eigenvalue weighted by Gasteiger charge is -2.28. The van der Waals surface area contributed by atoms with Crippen LogP contribution in [0.5, 0.6) is 5.75 Å². The number of hydrogen-bond donors (Lipinski definition) is 1. The van der Waals surface area contributed by atoms with Crippen molar-refractivity contribution < 1.29 is 14.6 Å². The molecule has 0 amide bonds. The molecule has 2 rings (SSSR count). The maximum atomic E-state index is 10.4. The van der Waals surface area contributed by atoms with Gasteiger partial charge in [-0.3, -0.25) is 0 Å². The van der Waals surface area contributed by atoms with Crippen LogP contribution in [-0.4, -0.2) is 24.9 Å². The summed E-state index contributed by atoms with van der Waals surface area (Å²) < 4.78 is 10.9. The Kier molecular flexibility index (Phi) is 4.02. The van der Waals surface area contributed by atoms with Crippen molar-refractivity contribution in [1.29, 1.82) is 0 Å². The Morgan fingerprint density at radius 1 is 1.41 bits per heavy atom. The lowest BCUT2D eigenvalue weighted by atomic mass is 9.96. The molecular weight excluding hydrogens is 216 g/mol. The average molecular weight is 236 g/mol. The molecule has 1 N–H and O–H groups in total. The summed E-state index contributed by atoms with van der Waals surface area (Å²) in [7, 11) is 1.63. The zero-order valence-corrected chi connectivity index (χ0v) is 10.5. The highest BCUT2D eigenvalue weighted by atomic mass is 16.5. The van der Waals surface area contributed by atoms with E-state index in [-0.39, 0.29) is 6.10 Å². The molecule has 3 heteroatoms. The van der Waals surface area contributed by atoms with Gasteiger partial charge in [-0.1, -0.05) is 11.6 Å². The molecular formula is C14H20O3. The largest absolute Gasteiger partial charge is 0.496 e. The zero-order chi connectivity index (χ0) is 12.3. The normalized spacial score (nSPS) is 22.2. The van der Waals surface area contributed by atoms with Crippen LogP contribution in [0.3, 0.4) is 0 Å². The first kappa shape index (κ1) is 12.4. The number of ether oxygens (including phenoxy) is 2. The SMILES string of the molecule is COc1ccc(C)cc1C(O)C1CCCCO1. The predicted molar refractivity (Wildman–Crippen MR) is 66.3 cm³/mol. The van der Waals surface area contributed by atoms with Gasteiger partial charge in [-0.2, -0.15) is 0 Å². The molecule has 1 fully saturated rings. The van der Waals surface area contributed by atoms with Crippen molar-refractivity contribution in [2.75, 3.05) is 13.7 Å². The average Bonchev–Trinajstić information content (AvgIpc) is 2.39. The minimum Gasteiger partial charge on any atom is -0.496 e. The van der Waals surface area contributed by atoms with Gasteiger partial charge < -0.3 is 14.6 Å². The van der Waals surface area contributed by atoms with E-state index >= 15 is 0 Å². The maximum absolute atomic E-state index is 10.4. The van der Waals surface area contributed by atoms with Gasteiger partial charge in [0.15, 0.2) is 0 Å². The maximum Gasteiger partial charge on any atom is 0.124 e. The molecule has 0 aromatic heterocycles. The van der Waals surface area contributed by atoms with Gasteiger partial charge in [0.05, 0.1) is 13.2 Å². The van der Waals surface area contributed by atoms with Crippen LogP contribution in [0.4, 0.5) is 0 Å². The Hall–Kier alpha value is -1.06. The number of aryl methyl sites for hydroxylation is 1. The molecule has 1 heterocycles. The third-order valence-corrected chi connectivity index (χ3v) is 3.27. The standard InChI is InChI=1S/C14H20O3/c1-10-6-7-12(16-2)11(9-10)14(15)13-5-3-4-8-17-13/h6-7,9,13-15H,3-5,8H2,1-2H3. The highest BCUT2D eigenvalue weighted by Crippen LogP contribution is 2.32. The molecule has 0 saturated carbocycles. The van der Waals surface area contributed by atoms with Crippen LogP contribution in [0.2, 0.25) is 0 Å². The Labute approximate surface area is 102 Å². The molecule has 1 aromatic carbocycles. The molecule has 3 nitrogen and oxygen atoms in total. The number of aliphatic hydroxyl groups is 1. The Morgan fingerprint density at radius 2 is 2.24 bits per heavy atom. The Morgan fingerprint density at radius 3 is 2.88 bits per heavy atom. The van der Waals surface area contributed by atoms with Gasteiger partial charge in [0.25, 0.3) is 0 Å². The fourth-order valence-corrected chi connectivity index (χ4v) is 2.30. The lowest BCUT2D eigenvalue weighted by molar-refractivity contribution is -0.0639. The van der Waals surface area contributed by atoms with Crippen LogP contribution in [-0.2, 0) is 4.74 Å². The van der Waals surface area contributed by atoms with E-state index in [2.05, 4.69) is 0 Å². The molecule has 0 spiro atoms. The van der Waals surface area contributed by atoms with Crippen molar-refractivity contribution in [2.24, 2.45) is 0 Å². The van der Waals surface area contributed by atoms with Crippen LogP contribution >= 0.6 is 0 Å². The minimum atomic E-state index is -0.592. The summed E-state index contributed by atoms with van der Waals surface area (Å²) in [5.41, 5.74) is 1.95. The smallest absolute Gasteiger partial charge is 0.124 e. The van der Waals surface area contributed by atoms with Crippen LogP contribution in [0.15, 0.2) is 18.2 Å². The summed E-state index contributed by atoms with van der Waals surface area (Å²) in [4.78, 5) is 0. The van der Waals surface area contributed by atoms with E-state index in [0.29, 0.717) is 0 Å². The van der Waals surface area contributed by atoms with Gasteiger partial charge in [-0.25, -0.2) is 0 Å². The third kappa shape index (κ3) is 2.79. The first-order chi connectivity index (χ1) is 8.22. The summed E-state index contributed by atoms with van der Waals surface area (Å²) in [5.74, 6) is 0.734. The molecule has 2 atom stereocenters. The summed E-state index contributed by atoms with van der Waals surface area (Å²) >= 11 is 0. The highest BCUT2D eigenvalue weighted by Gasteiger charge is 2.26. The fraction of sp³-hybridized carbons (Fsp3) is 0.571. The first-order valence-corrected chi connectivity index (χ1v) is 6.16. The van der Waals surface area contributed by atoms with E-state index in [0.717, 1.165) is 42.7 Å². The fourth-order valence-electron chi connectivity index (χ4n) is 2.30. The van der Waals surface area contributed by atoms with Crippen LogP contribution in [0.25, 0.3) is 0 Å². The number of benzene rings is 1. The Bertz CT molecular complexity index is 370. The monoisotopic (exact) mass is 236 g/mol. The van der Waals surface area contributed by atoms with Crippen LogP contribution < -0.4 is 4.74 Å². The molecule has 1 aromatic rings. The molecule has 2 unspecified atom stereocenters. The number of rotatable bonds is 3. The second kappa shape index (κ2) is 5.52. The Balaban J connectivity index is 2.21. The number of aliphatic hydroxyl groups excluding tert-OH is 1. The second-order valence-electron chi connectivity index (χ2n) is 4.60. The summed E-state index contributed by atoms with van der Waals surface area (Å²) in [6, 6.07) is 5.86. The molecule has 1 saturated heterocycles. The van der Waals surface area contributed by atoms with Gasteiger partial charge in [0.1, 0.15) is 11.9 Å². The van der Waals surface area contributed by atoms with E-state index in [9.17, 15) is 5.11 Å². The summed E-state index contributed by atoms with van der Waals surface area (Å²) in [6.07, 6.45) is 2.44. The summed E-state index contributed by atoms with van der Waals surface area (Å²) in [5, 5.41) is 10.4. The van der Waals surface area contributed by atoms with Gasteiger partial charge in [0.2, 0.25) is 0 Å². The van der Waals surface area contributed by atoms with Crippen molar-refractivity contribution in [3.8, 4) is 5.75 Å². The zero-order valence-electron chi connectivity index (χ0n) is 10.5. The van der Waals surface area contributed by atoms with E-state index < -0.39 is 6.10 Å². The minimum absolute atomic E-state index is 0.0977. The van der Waals surface area contributed by atoms with Crippen molar-refractivity contribution in [2.45, 2.75) is 38.4 Å². The number of hydrogen-bond acceptors (Lipinski definition) is 3. The van der Waals surface area contributed by atoms with Crippen molar-refractivity contribution >= 4 is 0 Å². The van der Waals surface area contributed by atoms with Crippen molar-refractivity contribution in [3.63, 3.8) is 0 Å². The van der Waals surface area contributed by atoms with Crippen LogP contribution in [0.1, 0.15) is 36.5 Å². The van der Waals surface area contributed by atoms with Gasteiger partial charge in [-0.15, -0.1) is 0 Å².